The first-order valence-electron chi connectivity index (χ1n) is 7.79. The van der Waals surface area contributed by atoms with E-state index in [0.29, 0.717) is 17.5 Å². The van der Waals surface area contributed by atoms with Gasteiger partial charge in [0.25, 0.3) is 5.91 Å². The molecule has 25 heavy (non-hydrogen) atoms. The van der Waals surface area contributed by atoms with Crippen molar-refractivity contribution in [2.45, 2.75) is 6.42 Å². The van der Waals surface area contributed by atoms with Gasteiger partial charge >= 0.3 is 6.03 Å². The molecule has 4 N–H and O–H groups in total. The number of halogens is 1. The van der Waals surface area contributed by atoms with E-state index in [0.717, 1.165) is 10.9 Å². The summed E-state index contributed by atoms with van der Waals surface area (Å²) >= 11 is 0. The third kappa shape index (κ3) is 3.95. The van der Waals surface area contributed by atoms with E-state index in [1.807, 2.05) is 24.3 Å². The molecule has 7 heteroatoms. The molecule has 0 fully saturated rings. The number of benzene rings is 2. The van der Waals surface area contributed by atoms with Gasteiger partial charge in [0.2, 0.25) is 0 Å². The first kappa shape index (κ1) is 16.5. The Hall–Kier alpha value is -3.35. The maximum absolute atomic E-state index is 13.5. The Morgan fingerprint density at radius 3 is 2.60 bits per heavy atom. The molecule has 0 atom stereocenters. The molecule has 128 valence electrons. The molecule has 3 aromatic rings. The summed E-state index contributed by atoms with van der Waals surface area (Å²) in [4.78, 5) is 26.8. The fraction of sp³-hybridized carbons (Fsp3) is 0.111. The van der Waals surface area contributed by atoms with Crippen molar-refractivity contribution in [3.05, 3.63) is 71.7 Å². The van der Waals surface area contributed by atoms with E-state index < -0.39 is 11.9 Å². The molecule has 0 bridgehead atoms. The second-order valence-corrected chi connectivity index (χ2v) is 5.42. The molecule has 6 nitrogen and oxygen atoms in total. The molecular weight excluding hydrogens is 323 g/mol. The molecule has 0 saturated carbocycles. The zero-order chi connectivity index (χ0) is 17.6. The fourth-order valence-electron chi connectivity index (χ4n) is 2.50. The van der Waals surface area contributed by atoms with Crippen molar-refractivity contribution in [2.24, 2.45) is 0 Å². The number of hydrogen-bond acceptors (Lipinski definition) is 2. The van der Waals surface area contributed by atoms with E-state index in [1.165, 1.54) is 6.07 Å². The van der Waals surface area contributed by atoms with Gasteiger partial charge in [-0.1, -0.05) is 36.4 Å². The van der Waals surface area contributed by atoms with E-state index in [4.69, 9.17) is 0 Å². The lowest BCUT2D eigenvalue weighted by Gasteiger charge is -2.09. The summed E-state index contributed by atoms with van der Waals surface area (Å²) in [5, 5.41) is 3.32. The standard InChI is InChI=1S/C18H17FN4O2/c19-15-7-3-1-5-12(15)9-10-20-18(25)23-22-17(24)14-11-21-16-8-4-2-6-13(14)16/h1-8,11,21H,9-10H2,(H,22,24)(H2,20,23,25). The first-order chi connectivity index (χ1) is 12.1. The predicted molar refractivity (Wildman–Crippen MR) is 92.4 cm³/mol. The van der Waals surface area contributed by atoms with Crippen LogP contribution in [0.3, 0.4) is 0 Å². The second-order valence-electron chi connectivity index (χ2n) is 5.42. The van der Waals surface area contributed by atoms with Crippen LogP contribution in [0.5, 0.6) is 0 Å². The van der Waals surface area contributed by atoms with Crippen molar-refractivity contribution in [1.82, 2.24) is 21.2 Å². The van der Waals surface area contributed by atoms with Gasteiger partial charge in [-0.15, -0.1) is 0 Å². The van der Waals surface area contributed by atoms with E-state index in [2.05, 4.69) is 21.2 Å². The molecule has 0 saturated heterocycles. The first-order valence-corrected chi connectivity index (χ1v) is 7.79. The lowest BCUT2D eigenvalue weighted by molar-refractivity contribution is 0.0938. The highest BCUT2D eigenvalue weighted by atomic mass is 19.1. The molecule has 0 aliphatic carbocycles. The second kappa shape index (κ2) is 7.48. The minimum atomic E-state index is -0.565. The predicted octanol–water partition coefficient (Wildman–Crippen LogP) is 2.49. The van der Waals surface area contributed by atoms with Crippen molar-refractivity contribution in [1.29, 1.82) is 0 Å². The number of para-hydroxylation sites is 1. The van der Waals surface area contributed by atoms with Crippen molar-refractivity contribution in [3.63, 3.8) is 0 Å². The van der Waals surface area contributed by atoms with Gasteiger partial charge in [0, 0.05) is 23.6 Å². The molecule has 3 rings (SSSR count). The van der Waals surface area contributed by atoms with Crippen LogP contribution in [-0.4, -0.2) is 23.5 Å². The van der Waals surface area contributed by atoms with Gasteiger partial charge < -0.3 is 10.3 Å². The number of aromatic nitrogens is 1. The van der Waals surface area contributed by atoms with Crippen LogP contribution in [0, 0.1) is 5.82 Å². The molecular formula is C18H17FN4O2. The van der Waals surface area contributed by atoms with Crippen molar-refractivity contribution in [2.75, 3.05) is 6.54 Å². The highest BCUT2D eigenvalue weighted by Crippen LogP contribution is 2.17. The fourth-order valence-corrected chi connectivity index (χ4v) is 2.50. The van der Waals surface area contributed by atoms with Gasteiger partial charge in [-0.25, -0.2) is 14.6 Å². The summed E-state index contributed by atoms with van der Waals surface area (Å²) in [5.41, 5.74) is 6.41. The highest BCUT2D eigenvalue weighted by Gasteiger charge is 2.12. The van der Waals surface area contributed by atoms with Gasteiger partial charge in [-0.05, 0) is 24.1 Å². The number of aromatic amines is 1. The molecule has 1 heterocycles. The Morgan fingerprint density at radius 2 is 1.76 bits per heavy atom. The Labute approximate surface area is 143 Å². The Balaban J connectivity index is 1.47. The quantitative estimate of drug-likeness (QED) is 0.550. The normalized spacial score (nSPS) is 10.4. The van der Waals surface area contributed by atoms with Crippen LogP contribution in [0.1, 0.15) is 15.9 Å². The third-order valence-electron chi connectivity index (χ3n) is 3.76. The number of rotatable bonds is 4. The highest BCUT2D eigenvalue weighted by molar-refractivity contribution is 6.06. The van der Waals surface area contributed by atoms with Crippen LogP contribution in [0.2, 0.25) is 0 Å². The number of H-pyrrole nitrogens is 1. The van der Waals surface area contributed by atoms with Crippen LogP contribution in [0.15, 0.2) is 54.7 Å². The molecule has 2 aromatic carbocycles. The van der Waals surface area contributed by atoms with Gasteiger partial charge in [-0.3, -0.25) is 10.2 Å². The number of urea groups is 1. The lowest BCUT2D eigenvalue weighted by atomic mass is 10.1. The maximum Gasteiger partial charge on any atom is 0.333 e. The van der Waals surface area contributed by atoms with Gasteiger partial charge in [0.15, 0.2) is 0 Å². The molecule has 0 spiro atoms. The molecule has 0 aliphatic rings. The SMILES string of the molecule is O=C(NCCc1ccccc1F)NNC(=O)c1c[nH]c2ccccc12. The van der Waals surface area contributed by atoms with Gasteiger partial charge in [0.05, 0.1) is 5.56 Å². The van der Waals surface area contributed by atoms with Crippen LogP contribution in [-0.2, 0) is 6.42 Å². The average molecular weight is 340 g/mol. The summed E-state index contributed by atoms with van der Waals surface area (Å²) in [6, 6.07) is 13.2. The summed E-state index contributed by atoms with van der Waals surface area (Å²) in [6.45, 7) is 0.246. The van der Waals surface area contributed by atoms with E-state index in [1.54, 1.807) is 24.4 Å². The number of nitrogens with one attached hydrogen (secondary N) is 4. The zero-order valence-corrected chi connectivity index (χ0v) is 13.3. The van der Waals surface area contributed by atoms with Crippen LogP contribution in [0.25, 0.3) is 10.9 Å². The number of carbonyl (C=O) groups is 2. The van der Waals surface area contributed by atoms with Crippen LogP contribution < -0.4 is 16.2 Å². The monoisotopic (exact) mass is 340 g/mol. The molecule has 0 aliphatic heterocycles. The molecule has 1 aromatic heterocycles. The third-order valence-corrected chi connectivity index (χ3v) is 3.76. The minimum Gasteiger partial charge on any atom is -0.360 e. The smallest absolute Gasteiger partial charge is 0.333 e. The lowest BCUT2D eigenvalue weighted by Crippen LogP contribution is -2.47. The summed E-state index contributed by atoms with van der Waals surface area (Å²) in [5.74, 6) is -0.737. The summed E-state index contributed by atoms with van der Waals surface area (Å²) < 4.78 is 13.5. The van der Waals surface area contributed by atoms with Gasteiger partial charge in [0.1, 0.15) is 5.82 Å². The Morgan fingerprint density at radius 1 is 1.00 bits per heavy atom. The zero-order valence-electron chi connectivity index (χ0n) is 13.3. The van der Waals surface area contributed by atoms with Gasteiger partial charge in [-0.2, -0.15) is 0 Å². The summed E-state index contributed by atoms with van der Waals surface area (Å²) in [7, 11) is 0. The number of hydrogen-bond donors (Lipinski definition) is 4. The van der Waals surface area contributed by atoms with Crippen LogP contribution in [0.4, 0.5) is 9.18 Å². The number of carbonyl (C=O) groups excluding carboxylic acids is 2. The number of fused-ring (bicyclic) bond motifs is 1. The van der Waals surface area contributed by atoms with Crippen molar-refractivity contribution < 1.29 is 14.0 Å². The Kier molecular flexibility index (Phi) is 4.94. The van der Waals surface area contributed by atoms with Crippen molar-refractivity contribution >= 4 is 22.8 Å². The molecule has 0 unspecified atom stereocenters. The van der Waals surface area contributed by atoms with E-state index in [9.17, 15) is 14.0 Å². The largest absolute Gasteiger partial charge is 0.360 e. The number of hydrazine groups is 1. The minimum absolute atomic E-state index is 0.246. The van der Waals surface area contributed by atoms with Crippen molar-refractivity contribution in [3.8, 4) is 0 Å². The Bertz CT molecular complexity index is 907. The average Bonchev–Trinajstić information content (AvgIpc) is 3.05. The summed E-state index contributed by atoms with van der Waals surface area (Å²) in [6.07, 6.45) is 1.94. The molecule has 0 radical (unpaired) electrons. The number of amides is 3. The van der Waals surface area contributed by atoms with E-state index in [-0.39, 0.29) is 12.4 Å². The van der Waals surface area contributed by atoms with E-state index >= 15 is 0 Å². The molecule has 3 amide bonds. The maximum atomic E-state index is 13.5. The van der Waals surface area contributed by atoms with Crippen LogP contribution >= 0.6 is 0 Å². The topological polar surface area (TPSA) is 86.0 Å².